The Hall–Kier alpha value is -1.69. The van der Waals surface area contributed by atoms with Gasteiger partial charge in [0.2, 0.25) is 5.91 Å². The summed E-state index contributed by atoms with van der Waals surface area (Å²) < 4.78 is 0. The molecule has 0 aliphatic carbocycles. The van der Waals surface area contributed by atoms with Gasteiger partial charge >= 0.3 is 0 Å². The number of amides is 2. The van der Waals surface area contributed by atoms with Crippen LogP contribution in [0.15, 0.2) is 6.07 Å². The van der Waals surface area contributed by atoms with Crippen LogP contribution in [0.25, 0.3) is 0 Å². The van der Waals surface area contributed by atoms with Gasteiger partial charge in [-0.1, -0.05) is 18.5 Å². The lowest BCUT2D eigenvalue weighted by Crippen LogP contribution is -2.64. The third-order valence-electron chi connectivity index (χ3n) is 3.11. The van der Waals surface area contributed by atoms with Crippen molar-refractivity contribution in [2.24, 2.45) is 0 Å². The molecule has 1 aromatic heterocycles. The van der Waals surface area contributed by atoms with Crippen LogP contribution in [0.2, 0.25) is 5.15 Å². The Bertz CT molecular complexity index is 545. The summed E-state index contributed by atoms with van der Waals surface area (Å²) >= 11 is 5.95. The zero-order chi connectivity index (χ0) is 14.2. The fraction of sp³-hybridized carbons (Fsp3) is 0.500. The SMILES string of the molecule is CCc1nc(Cl)cc(N2CC(=O)NC(=O)C2(C)C)n1. The summed E-state index contributed by atoms with van der Waals surface area (Å²) in [6, 6.07) is 1.56. The van der Waals surface area contributed by atoms with Gasteiger partial charge < -0.3 is 4.90 Å². The number of hydrogen-bond donors (Lipinski definition) is 1. The third kappa shape index (κ3) is 2.53. The van der Waals surface area contributed by atoms with E-state index in [1.807, 2.05) is 6.92 Å². The second-order valence-electron chi connectivity index (χ2n) is 4.84. The molecule has 0 bridgehead atoms. The predicted octanol–water partition coefficient (Wildman–Crippen LogP) is 0.934. The monoisotopic (exact) mass is 282 g/mol. The minimum Gasteiger partial charge on any atom is -0.333 e. The number of carbonyl (C=O) groups is 2. The van der Waals surface area contributed by atoms with E-state index in [9.17, 15) is 9.59 Å². The number of aryl methyl sites for hydroxylation is 1. The van der Waals surface area contributed by atoms with E-state index in [-0.39, 0.29) is 18.4 Å². The number of halogens is 1. The molecule has 1 saturated heterocycles. The Morgan fingerprint density at radius 3 is 2.74 bits per heavy atom. The van der Waals surface area contributed by atoms with Gasteiger partial charge in [0, 0.05) is 12.5 Å². The van der Waals surface area contributed by atoms with Crippen LogP contribution in [0, 0.1) is 0 Å². The average molecular weight is 283 g/mol. The van der Waals surface area contributed by atoms with Gasteiger partial charge in [0.05, 0.1) is 6.54 Å². The Morgan fingerprint density at radius 2 is 2.11 bits per heavy atom. The Kier molecular flexibility index (Phi) is 3.45. The van der Waals surface area contributed by atoms with E-state index < -0.39 is 5.54 Å². The van der Waals surface area contributed by atoms with Crippen LogP contribution < -0.4 is 10.2 Å². The molecule has 19 heavy (non-hydrogen) atoms. The van der Waals surface area contributed by atoms with Gasteiger partial charge in [-0.25, -0.2) is 9.97 Å². The lowest BCUT2D eigenvalue weighted by atomic mass is 9.99. The van der Waals surface area contributed by atoms with Crippen LogP contribution in [0.1, 0.15) is 26.6 Å². The van der Waals surface area contributed by atoms with Gasteiger partial charge in [-0.15, -0.1) is 0 Å². The van der Waals surface area contributed by atoms with Crippen LogP contribution in [0.5, 0.6) is 0 Å². The van der Waals surface area contributed by atoms with Gasteiger partial charge in [0.1, 0.15) is 22.3 Å². The van der Waals surface area contributed by atoms with Crippen LogP contribution in [0.3, 0.4) is 0 Å². The van der Waals surface area contributed by atoms with E-state index in [2.05, 4.69) is 15.3 Å². The molecule has 2 heterocycles. The van der Waals surface area contributed by atoms with Crippen molar-refractivity contribution in [3.8, 4) is 0 Å². The van der Waals surface area contributed by atoms with Gasteiger partial charge in [-0.2, -0.15) is 0 Å². The molecule has 102 valence electrons. The molecule has 0 radical (unpaired) electrons. The van der Waals surface area contributed by atoms with Crippen molar-refractivity contribution in [3.63, 3.8) is 0 Å². The standard InChI is InChI=1S/C12H15ClN4O2/c1-4-8-14-7(13)5-9(15-8)17-6-10(18)16-11(19)12(17,2)3/h5H,4,6H2,1-3H3,(H,16,18,19). The smallest absolute Gasteiger partial charge is 0.251 e. The Morgan fingerprint density at radius 1 is 1.42 bits per heavy atom. The molecule has 6 nitrogen and oxygen atoms in total. The molecule has 1 N–H and O–H groups in total. The molecule has 7 heteroatoms. The number of nitrogens with one attached hydrogen (secondary N) is 1. The summed E-state index contributed by atoms with van der Waals surface area (Å²) in [4.78, 5) is 33.5. The highest BCUT2D eigenvalue weighted by atomic mass is 35.5. The van der Waals surface area contributed by atoms with E-state index in [0.29, 0.717) is 23.2 Å². The molecule has 1 fully saturated rings. The first-order chi connectivity index (χ1) is 8.84. The van der Waals surface area contributed by atoms with Crippen molar-refractivity contribution in [2.45, 2.75) is 32.7 Å². The van der Waals surface area contributed by atoms with Crippen molar-refractivity contribution in [2.75, 3.05) is 11.4 Å². The molecule has 0 atom stereocenters. The van der Waals surface area contributed by atoms with Gasteiger partial charge in [-0.05, 0) is 13.8 Å². The summed E-state index contributed by atoms with van der Waals surface area (Å²) in [5.41, 5.74) is -0.864. The van der Waals surface area contributed by atoms with E-state index in [4.69, 9.17) is 11.6 Å². The number of rotatable bonds is 2. The molecule has 0 unspecified atom stereocenters. The Balaban J connectivity index is 2.46. The van der Waals surface area contributed by atoms with Crippen molar-refractivity contribution in [1.82, 2.24) is 15.3 Å². The predicted molar refractivity (Wildman–Crippen MR) is 71.0 cm³/mol. The molecule has 1 aliphatic rings. The first-order valence-corrected chi connectivity index (χ1v) is 6.37. The minimum absolute atomic E-state index is 0.0647. The largest absolute Gasteiger partial charge is 0.333 e. The third-order valence-corrected chi connectivity index (χ3v) is 3.30. The zero-order valence-electron chi connectivity index (χ0n) is 11.0. The molecule has 0 aromatic carbocycles. The van der Waals surface area contributed by atoms with Crippen LogP contribution in [0.4, 0.5) is 5.82 Å². The van der Waals surface area contributed by atoms with E-state index in [1.165, 1.54) is 0 Å². The number of piperazine rings is 1. The van der Waals surface area contributed by atoms with Crippen LogP contribution in [-0.2, 0) is 16.0 Å². The molecule has 1 aliphatic heterocycles. The number of aromatic nitrogens is 2. The highest BCUT2D eigenvalue weighted by Crippen LogP contribution is 2.26. The summed E-state index contributed by atoms with van der Waals surface area (Å²) in [5.74, 6) is 0.371. The number of carbonyl (C=O) groups excluding carboxylic acids is 2. The maximum atomic E-state index is 11.9. The molecular formula is C12H15ClN4O2. The summed E-state index contributed by atoms with van der Waals surface area (Å²) in [6.07, 6.45) is 0.627. The van der Waals surface area contributed by atoms with E-state index >= 15 is 0 Å². The van der Waals surface area contributed by atoms with Crippen LogP contribution >= 0.6 is 11.6 Å². The number of hydrogen-bond acceptors (Lipinski definition) is 5. The summed E-state index contributed by atoms with van der Waals surface area (Å²) in [5, 5.41) is 2.62. The Labute approximate surface area is 116 Å². The molecular weight excluding hydrogens is 268 g/mol. The first kappa shape index (κ1) is 13.7. The molecule has 0 spiro atoms. The highest BCUT2D eigenvalue weighted by Gasteiger charge is 2.41. The van der Waals surface area contributed by atoms with Crippen molar-refractivity contribution < 1.29 is 9.59 Å². The first-order valence-electron chi connectivity index (χ1n) is 6.00. The molecule has 2 rings (SSSR count). The van der Waals surface area contributed by atoms with E-state index in [0.717, 1.165) is 0 Å². The average Bonchev–Trinajstić information content (AvgIpc) is 2.33. The van der Waals surface area contributed by atoms with Crippen molar-refractivity contribution in [1.29, 1.82) is 0 Å². The second-order valence-corrected chi connectivity index (χ2v) is 5.23. The summed E-state index contributed by atoms with van der Waals surface area (Å²) in [6.45, 7) is 5.44. The lowest BCUT2D eigenvalue weighted by Gasteiger charge is -2.40. The maximum Gasteiger partial charge on any atom is 0.251 e. The number of nitrogens with zero attached hydrogens (tertiary/aromatic N) is 3. The fourth-order valence-corrected chi connectivity index (χ4v) is 2.09. The molecule has 2 amide bonds. The quantitative estimate of drug-likeness (QED) is 0.645. The lowest BCUT2D eigenvalue weighted by molar-refractivity contribution is -0.135. The number of anilines is 1. The van der Waals surface area contributed by atoms with Gasteiger partial charge in [-0.3, -0.25) is 14.9 Å². The highest BCUT2D eigenvalue weighted by molar-refractivity contribution is 6.29. The normalized spacial score (nSPS) is 18.4. The fourth-order valence-electron chi connectivity index (χ4n) is 1.90. The van der Waals surface area contributed by atoms with Gasteiger partial charge in [0.25, 0.3) is 5.91 Å². The summed E-state index contributed by atoms with van der Waals surface area (Å²) in [7, 11) is 0. The second kappa shape index (κ2) is 4.77. The van der Waals surface area contributed by atoms with Crippen LogP contribution in [-0.4, -0.2) is 33.9 Å². The zero-order valence-corrected chi connectivity index (χ0v) is 11.8. The van der Waals surface area contributed by atoms with Crippen molar-refractivity contribution in [3.05, 3.63) is 17.0 Å². The minimum atomic E-state index is -0.864. The van der Waals surface area contributed by atoms with E-state index in [1.54, 1.807) is 24.8 Å². The number of imide groups is 1. The van der Waals surface area contributed by atoms with Crippen molar-refractivity contribution >= 4 is 29.2 Å². The van der Waals surface area contributed by atoms with Gasteiger partial charge in [0.15, 0.2) is 0 Å². The topological polar surface area (TPSA) is 75.2 Å². The molecule has 1 aromatic rings. The molecule has 0 saturated carbocycles. The maximum absolute atomic E-state index is 11.9.